The Morgan fingerprint density at radius 2 is 2.05 bits per heavy atom. The summed E-state index contributed by atoms with van der Waals surface area (Å²) in [6.45, 7) is 2.90. The zero-order chi connectivity index (χ0) is 14.5. The van der Waals surface area contributed by atoms with Crippen LogP contribution in [0.15, 0.2) is 30.3 Å². The van der Waals surface area contributed by atoms with E-state index in [0.717, 1.165) is 19.4 Å². The number of amides is 1. The van der Waals surface area contributed by atoms with Crippen molar-refractivity contribution in [2.75, 3.05) is 6.54 Å². The highest BCUT2D eigenvalue weighted by Gasteiger charge is 2.29. The number of piperidine rings is 1. The van der Waals surface area contributed by atoms with Crippen molar-refractivity contribution in [2.24, 2.45) is 5.92 Å². The molecule has 5 nitrogen and oxygen atoms in total. The van der Waals surface area contributed by atoms with E-state index in [1.165, 1.54) is 0 Å². The van der Waals surface area contributed by atoms with Gasteiger partial charge in [-0.1, -0.05) is 37.3 Å². The van der Waals surface area contributed by atoms with Crippen LogP contribution < -0.4 is 10.6 Å². The minimum atomic E-state index is -1.05. The number of carboxylic acids is 1. The van der Waals surface area contributed by atoms with Crippen molar-refractivity contribution in [2.45, 2.75) is 31.8 Å². The third-order valence-electron chi connectivity index (χ3n) is 3.65. The van der Waals surface area contributed by atoms with E-state index in [9.17, 15) is 14.7 Å². The van der Waals surface area contributed by atoms with Gasteiger partial charge in [0.1, 0.15) is 0 Å². The predicted octanol–water partition coefficient (Wildman–Crippen LogP) is 1.32. The first kappa shape index (κ1) is 14.5. The first-order valence-corrected chi connectivity index (χ1v) is 6.89. The fourth-order valence-electron chi connectivity index (χ4n) is 2.48. The second-order valence-corrected chi connectivity index (χ2v) is 5.33. The molecule has 0 aliphatic carbocycles. The van der Waals surface area contributed by atoms with E-state index in [1.807, 2.05) is 6.07 Å². The van der Waals surface area contributed by atoms with Gasteiger partial charge in [-0.05, 0) is 30.9 Å². The summed E-state index contributed by atoms with van der Waals surface area (Å²) in [7, 11) is 0. The Bertz CT molecular complexity index is 475. The Hall–Kier alpha value is -1.88. The molecule has 1 heterocycles. The molecule has 3 atom stereocenters. The molecule has 0 bridgehead atoms. The van der Waals surface area contributed by atoms with Crippen LogP contribution in [-0.4, -0.2) is 29.6 Å². The molecule has 0 spiro atoms. The summed E-state index contributed by atoms with van der Waals surface area (Å²) in [4.78, 5) is 23.5. The smallest absolute Gasteiger partial charge is 0.330 e. The number of hydrogen-bond donors (Lipinski definition) is 3. The van der Waals surface area contributed by atoms with Gasteiger partial charge in [-0.25, -0.2) is 4.79 Å². The SMILES string of the molecule is CC1CCNC(C(=O)N[C@@H](C(=O)O)c2ccccc2)C1. The van der Waals surface area contributed by atoms with Crippen LogP contribution in [0.25, 0.3) is 0 Å². The van der Waals surface area contributed by atoms with E-state index in [2.05, 4.69) is 17.6 Å². The predicted molar refractivity (Wildman–Crippen MR) is 75.2 cm³/mol. The van der Waals surface area contributed by atoms with Crippen LogP contribution >= 0.6 is 0 Å². The first-order valence-electron chi connectivity index (χ1n) is 6.89. The Kier molecular flexibility index (Phi) is 4.74. The van der Waals surface area contributed by atoms with Crippen LogP contribution in [0.3, 0.4) is 0 Å². The minimum Gasteiger partial charge on any atom is -0.479 e. The van der Waals surface area contributed by atoms with Crippen molar-refractivity contribution in [1.82, 2.24) is 10.6 Å². The van der Waals surface area contributed by atoms with Gasteiger partial charge in [-0.3, -0.25) is 4.79 Å². The van der Waals surface area contributed by atoms with Crippen molar-refractivity contribution >= 4 is 11.9 Å². The molecule has 1 aromatic carbocycles. The molecule has 0 saturated carbocycles. The van der Waals surface area contributed by atoms with E-state index in [1.54, 1.807) is 24.3 Å². The maximum atomic E-state index is 12.2. The molecule has 1 aliphatic rings. The number of benzene rings is 1. The van der Waals surface area contributed by atoms with Gasteiger partial charge in [-0.15, -0.1) is 0 Å². The molecule has 2 rings (SSSR count). The summed E-state index contributed by atoms with van der Waals surface area (Å²) >= 11 is 0. The lowest BCUT2D eigenvalue weighted by Crippen LogP contribution is -2.50. The number of rotatable bonds is 4. The van der Waals surface area contributed by atoms with Gasteiger partial charge in [0.15, 0.2) is 6.04 Å². The Balaban J connectivity index is 2.05. The highest BCUT2D eigenvalue weighted by atomic mass is 16.4. The molecule has 3 N–H and O–H groups in total. The topological polar surface area (TPSA) is 78.4 Å². The average Bonchev–Trinajstić information content (AvgIpc) is 2.45. The molecule has 1 fully saturated rings. The van der Waals surface area contributed by atoms with E-state index in [-0.39, 0.29) is 11.9 Å². The van der Waals surface area contributed by atoms with Gasteiger partial charge in [0.05, 0.1) is 6.04 Å². The summed E-state index contributed by atoms with van der Waals surface area (Å²) in [5.74, 6) is -0.812. The van der Waals surface area contributed by atoms with Gasteiger partial charge < -0.3 is 15.7 Å². The molecular weight excluding hydrogens is 256 g/mol. The number of carbonyl (C=O) groups is 2. The fourth-order valence-corrected chi connectivity index (χ4v) is 2.48. The third kappa shape index (κ3) is 3.57. The normalized spacial score (nSPS) is 23.9. The third-order valence-corrected chi connectivity index (χ3v) is 3.65. The fraction of sp³-hybridized carbons (Fsp3) is 0.467. The number of carbonyl (C=O) groups excluding carboxylic acids is 1. The van der Waals surface area contributed by atoms with Crippen LogP contribution in [0.1, 0.15) is 31.4 Å². The van der Waals surface area contributed by atoms with Crippen LogP contribution in [0.4, 0.5) is 0 Å². The van der Waals surface area contributed by atoms with Crippen LogP contribution in [0, 0.1) is 5.92 Å². The lowest BCUT2D eigenvalue weighted by atomic mass is 9.93. The monoisotopic (exact) mass is 276 g/mol. The van der Waals surface area contributed by atoms with Gasteiger partial charge in [-0.2, -0.15) is 0 Å². The van der Waals surface area contributed by atoms with Gasteiger partial charge >= 0.3 is 5.97 Å². The van der Waals surface area contributed by atoms with Gasteiger partial charge in [0.25, 0.3) is 0 Å². The number of carboxylic acid groups (broad SMARTS) is 1. The van der Waals surface area contributed by atoms with Crippen molar-refractivity contribution in [3.8, 4) is 0 Å². The molecule has 0 aromatic heterocycles. The van der Waals surface area contributed by atoms with Crippen molar-refractivity contribution < 1.29 is 14.7 Å². The summed E-state index contributed by atoms with van der Waals surface area (Å²) in [6, 6.07) is 7.45. The van der Waals surface area contributed by atoms with Crippen LogP contribution in [0.5, 0.6) is 0 Å². The van der Waals surface area contributed by atoms with E-state index in [4.69, 9.17) is 0 Å². The molecular formula is C15H20N2O3. The Labute approximate surface area is 118 Å². The molecule has 2 unspecified atom stereocenters. The number of aliphatic carboxylic acids is 1. The zero-order valence-electron chi connectivity index (χ0n) is 11.5. The second-order valence-electron chi connectivity index (χ2n) is 5.33. The highest BCUT2D eigenvalue weighted by Crippen LogP contribution is 2.17. The van der Waals surface area contributed by atoms with Crippen molar-refractivity contribution in [3.05, 3.63) is 35.9 Å². The summed E-state index contributed by atoms with van der Waals surface area (Å²) in [5, 5.41) is 15.1. The Morgan fingerprint density at radius 3 is 2.65 bits per heavy atom. The van der Waals surface area contributed by atoms with Crippen LogP contribution in [-0.2, 0) is 9.59 Å². The van der Waals surface area contributed by atoms with E-state index in [0.29, 0.717) is 11.5 Å². The Morgan fingerprint density at radius 1 is 1.35 bits per heavy atom. The van der Waals surface area contributed by atoms with Gasteiger partial charge in [0, 0.05) is 0 Å². The standard InChI is InChI=1S/C15H20N2O3/c1-10-7-8-16-12(9-10)14(18)17-13(15(19)20)11-5-3-2-4-6-11/h2-6,10,12-13,16H,7-9H2,1H3,(H,17,18)(H,19,20)/t10?,12?,13-/m1/s1. The van der Waals surface area contributed by atoms with Crippen molar-refractivity contribution in [3.63, 3.8) is 0 Å². The van der Waals surface area contributed by atoms with Crippen molar-refractivity contribution in [1.29, 1.82) is 0 Å². The summed E-state index contributed by atoms with van der Waals surface area (Å²) in [6.07, 6.45) is 1.79. The first-order chi connectivity index (χ1) is 9.58. The molecule has 20 heavy (non-hydrogen) atoms. The maximum Gasteiger partial charge on any atom is 0.330 e. The lowest BCUT2D eigenvalue weighted by molar-refractivity contribution is -0.142. The summed E-state index contributed by atoms with van der Waals surface area (Å²) < 4.78 is 0. The molecule has 1 aliphatic heterocycles. The molecule has 1 amide bonds. The minimum absolute atomic E-state index is 0.243. The molecule has 1 saturated heterocycles. The maximum absolute atomic E-state index is 12.2. The zero-order valence-corrected chi connectivity index (χ0v) is 11.5. The quantitative estimate of drug-likeness (QED) is 0.775. The molecule has 0 radical (unpaired) electrons. The summed E-state index contributed by atoms with van der Waals surface area (Å²) in [5.41, 5.74) is 0.581. The lowest BCUT2D eigenvalue weighted by Gasteiger charge is -2.28. The number of hydrogen-bond acceptors (Lipinski definition) is 3. The second kappa shape index (κ2) is 6.52. The highest BCUT2D eigenvalue weighted by molar-refractivity contribution is 5.87. The molecule has 1 aromatic rings. The van der Waals surface area contributed by atoms with Crippen LogP contribution in [0.2, 0.25) is 0 Å². The molecule has 108 valence electrons. The van der Waals surface area contributed by atoms with E-state index >= 15 is 0 Å². The molecule has 5 heteroatoms. The number of nitrogens with one attached hydrogen (secondary N) is 2. The van der Waals surface area contributed by atoms with E-state index < -0.39 is 12.0 Å². The largest absolute Gasteiger partial charge is 0.479 e. The average molecular weight is 276 g/mol. The van der Waals surface area contributed by atoms with Gasteiger partial charge in [0.2, 0.25) is 5.91 Å².